The summed E-state index contributed by atoms with van der Waals surface area (Å²) < 4.78 is 15.9. The number of hydrogen-bond donors (Lipinski definition) is 0. The minimum Gasteiger partial charge on any atom is -0.495 e. The van der Waals surface area contributed by atoms with Crippen LogP contribution in [0, 0.1) is 0 Å². The molecule has 0 saturated carbocycles. The van der Waals surface area contributed by atoms with E-state index in [1.807, 2.05) is 26.8 Å². The quantitative estimate of drug-likeness (QED) is 0.513. The molecular weight excluding hydrogens is 408 g/mol. The molecule has 0 aliphatic carbocycles. The number of ether oxygens (including phenoxy) is 3. The Labute approximate surface area is 180 Å². The van der Waals surface area contributed by atoms with Crippen LogP contribution in [0.2, 0.25) is 5.02 Å². The first-order valence-electron chi connectivity index (χ1n) is 9.64. The number of rotatable bonds is 4. The summed E-state index contributed by atoms with van der Waals surface area (Å²) in [4.78, 5) is 30.5. The largest absolute Gasteiger partial charge is 0.495 e. The highest BCUT2D eigenvalue weighted by Crippen LogP contribution is 2.39. The summed E-state index contributed by atoms with van der Waals surface area (Å²) in [6, 6.07) is 1.81. The third-order valence-corrected chi connectivity index (χ3v) is 4.95. The molecule has 1 aliphatic rings. The van der Waals surface area contributed by atoms with Gasteiger partial charge >= 0.3 is 12.1 Å². The number of fused-ring (bicyclic) bond motifs is 3. The van der Waals surface area contributed by atoms with Crippen LogP contribution in [0.25, 0.3) is 17.0 Å². The van der Waals surface area contributed by atoms with Gasteiger partial charge in [-0.15, -0.1) is 0 Å². The second-order valence-electron chi connectivity index (χ2n) is 7.89. The summed E-state index contributed by atoms with van der Waals surface area (Å²) in [5.74, 6) is -0.0135. The van der Waals surface area contributed by atoms with Gasteiger partial charge in [0.25, 0.3) is 0 Å². The van der Waals surface area contributed by atoms with E-state index in [-0.39, 0.29) is 12.7 Å². The van der Waals surface area contributed by atoms with Crippen molar-refractivity contribution < 1.29 is 23.8 Å². The van der Waals surface area contributed by atoms with Crippen LogP contribution in [0.4, 0.5) is 4.79 Å². The summed E-state index contributed by atoms with van der Waals surface area (Å²) in [6.45, 7) is 8.31. The van der Waals surface area contributed by atoms with Gasteiger partial charge in [0.1, 0.15) is 11.4 Å². The van der Waals surface area contributed by atoms with Gasteiger partial charge in [-0.2, -0.15) is 0 Å². The van der Waals surface area contributed by atoms with Crippen LogP contribution in [0.1, 0.15) is 44.4 Å². The highest BCUT2D eigenvalue weighted by molar-refractivity contribution is 6.35. The van der Waals surface area contributed by atoms with E-state index in [1.165, 1.54) is 13.2 Å². The van der Waals surface area contributed by atoms with Crippen molar-refractivity contribution in [3.05, 3.63) is 40.1 Å². The zero-order valence-electron chi connectivity index (χ0n) is 17.7. The van der Waals surface area contributed by atoms with Crippen molar-refractivity contribution in [3.63, 3.8) is 0 Å². The first kappa shape index (κ1) is 21.9. The molecule has 2 heterocycles. The van der Waals surface area contributed by atoms with Crippen LogP contribution in [0.15, 0.2) is 18.3 Å². The monoisotopic (exact) mass is 432 g/mol. The first-order chi connectivity index (χ1) is 14.1. The number of methoxy groups -OCH3 is 1. The average Bonchev–Trinajstić information content (AvgIpc) is 3.10. The fourth-order valence-electron chi connectivity index (χ4n) is 3.28. The molecule has 1 amide bonds. The molecule has 0 bridgehead atoms. The Hall–Kier alpha value is -2.80. The molecule has 0 spiro atoms. The summed E-state index contributed by atoms with van der Waals surface area (Å²) in [6.07, 6.45) is 4.23. The smallest absolute Gasteiger partial charge is 0.410 e. The van der Waals surface area contributed by atoms with Crippen molar-refractivity contribution in [2.75, 3.05) is 13.7 Å². The topological polar surface area (TPSA) is 78.0 Å². The van der Waals surface area contributed by atoms with E-state index in [1.54, 1.807) is 24.1 Å². The lowest BCUT2D eigenvalue weighted by Crippen LogP contribution is -2.33. The van der Waals surface area contributed by atoms with Gasteiger partial charge in [-0.3, -0.25) is 9.88 Å². The highest BCUT2D eigenvalue weighted by Gasteiger charge is 2.30. The van der Waals surface area contributed by atoms with Crippen LogP contribution in [0.3, 0.4) is 0 Å². The number of carbonyl (C=O) groups is 2. The number of esters is 1. The SMILES string of the molecule is CCOC(=O)/C=C/c1c(Cl)c(OC)cc2c3c(cnc12)CN(C(=O)OC(C)(C)C)C3. The van der Waals surface area contributed by atoms with E-state index in [4.69, 9.17) is 25.8 Å². The van der Waals surface area contributed by atoms with Crippen LogP contribution >= 0.6 is 11.6 Å². The number of pyridine rings is 1. The van der Waals surface area contributed by atoms with E-state index >= 15 is 0 Å². The van der Waals surface area contributed by atoms with Gasteiger partial charge in [-0.1, -0.05) is 11.6 Å². The van der Waals surface area contributed by atoms with Crippen molar-refractivity contribution in [3.8, 4) is 5.75 Å². The second-order valence-corrected chi connectivity index (χ2v) is 8.26. The molecule has 0 radical (unpaired) electrons. The number of aromatic nitrogens is 1. The summed E-state index contributed by atoms with van der Waals surface area (Å²) in [5, 5.41) is 1.16. The normalized spacial score (nSPS) is 13.6. The standard InChI is InChI=1S/C22H25ClN2O5/c1-6-29-18(26)8-7-14-19(23)17(28-5)9-15-16-12-25(21(27)30-22(2,3)4)11-13(16)10-24-20(14)15/h7-10H,6,11-12H2,1-5H3/b8-7+. The van der Waals surface area contributed by atoms with Crippen molar-refractivity contribution in [1.29, 1.82) is 0 Å². The zero-order chi connectivity index (χ0) is 22.1. The Morgan fingerprint density at radius 3 is 2.67 bits per heavy atom. The van der Waals surface area contributed by atoms with Crippen LogP contribution < -0.4 is 4.74 Å². The maximum Gasteiger partial charge on any atom is 0.410 e. The Morgan fingerprint density at radius 2 is 2.03 bits per heavy atom. The number of hydrogen-bond acceptors (Lipinski definition) is 6. The van der Waals surface area contributed by atoms with Crippen molar-refractivity contribution >= 4 is 40.6 Å². The van der Waals surface area contributed by atoms with Gasteiger partial charge in [0.2, 0.25) is 0 Å². The van der Waals surface area contributed by atoms with E-state index < -0.39 is 11.6 Å². The predicted octanol–water partition coefficient (Wildman–Crippen LogP) is 4.72. The molecule has 0 saturated heterocycles. The number of nitrogens with zero attached hydrogens (tertiary/aromatic N) is 2. The molecule has 3 rings (SSSR count). The molecule has 8 heteroatoms. The molecule has 0 atom stereocenters. The number of carbonyl (C=O) groups excluding carboxylic acids is 2. The lowest BCUT2D eigenvalue weighted by Gasteiger charge is -2.24. The molecule has 0 unspecified atom stereocenters. The van der Waals surface area contributed by atoms with Crippen molar-refractivity contribution in [2.24, 2.45) is 0 Å². The molecular formula is C22H25ClN2O5. The zero-order valence-corrected chi connectivity index (χ0v) is 18.5. The highest BCUT2D eigenvalue weighted by atomic mass is 35.5. The molecule has 2 aromatic rings. The van der Waals surface area contributed by atoms with Crippen LogP contribution in [0.5, 0.6) is 5.75 Å². The fourth-order valence-corrected chi connectivity index (χ4v) is 3.56. The molecule has 160 valence electrons. The second kappa shape index (κ2) is 8.52. The summed E-state index contributed by atoms with van der Waals surface area (Å²) in [7, 11) is 1.52. The summed E-state index contributed by atoms with van der Waals surface area (Å²) >= 11 is 6.50. The van der Waals surface area contributed by atoms with Gasteiger partial charge in [-0.25, -0.2) is 9.59 Å². The van der Waals surface area contributed by atoms with E-state index in [9.17, 15) is 9.59 Å². The van der Waals surface area contributed by atoms with E-state index in [2.05, 4.69) is 4.98 Å². The molecule has 7 nitrogen and oxygen atoms in total. The van der Waals surface area contributed by atoms with Gasteiger partial charge in [0, 0.05) is 23.2 Å². The van der Waals surface area contributed by atoms with Crippen LogP contribution in [-0.4, -0.2) is 41.3 Å². The lowest BCUT2D eigenvalue weighted by atomic mass is 10.0. The van der Waals surface area contributed by atoms with Gasteiger partial charge in [0.15, 0.2) is 0 Å². The molecule has 1 aromatic heterocycles. The predicted molar refractivity (Wildman–Crippen MR) is 114 cm³/mol. The maximum atomic E-state index is 12.5. The number of halogens is 1. The van der Waals surface area contributed by atoms with Crippen molar-refractivity contribution in [1.82, 2.24) is 9.88 Å². The average molecular weight is 433 g/mol. The Kier molecular flexibility index (Phi) is 6.22. The van der Waals surface area contributed by atoms with E-state index in [0.717, 1.165) is 16.5 Å². The Morgan fingerprint density at radius 1 is 1.30 bits per heavy atom. The molecule has 0 N–H and O–H groups in total. The molecule has 0 fully saturated rings. The third kappa shape index (κ3) is 4.51. The van der Waals surface area contributed by atoms with Gasteiger partial charge < -0.3 is 14.2 Å². The minimum atomic E-state index is -0.575. The number of benzene rings is 1. The first-order valence-corrected chi connectivity index (χ1v) is 10.0. The van der Waals surface area contributed by atoms with Gasteiger partial charge in [0.05, 0.1) is 37.3 Å². The molecule has 1 aromatic carbocycles. The van der Waals surface area contributed by atoms with Crippen molar-refractivity contribution in [2.45, 2.75) is 46.4 Å². The Bertz CT molecular complexity index is 1030. The van der Waals surface area contributed by atoms with E-state index in [0.29, 0.717) is 34.9 Å². The lowest BCUT2D eigenvalue weighted by molar-refractivity contribution is -0.137. The van der Waals surface area contributed by atoms with Gasteiger partial charge in [-0.05, 0) is 51.0 Å². The maximum absolute atomic E-state index is 12.5. The Balaban J connectivity index is 2.04. The fraction of sp³-hybridized carbons (Fsp3) is 0.409. The molecule has 1 aliphatic heterocycles. The number of amides is 1. The minimum absolute atomic E-state index is 0.280. The molecule has 30 heavy (non-hydrogen) atoms. The third-order valence-electron chi connectivity index (χ3n) is 4.56. The van der Waals surface area contributed by atoms with Crippen LogP contribution in [-0.2, 0) is 27.4 Å². The summed E-state index contributed by atoms with van der Waals surface area (Å²) in [5.41, 5.74) is 2.47.